The Morgan fingerprint density at radius 2 is 1.79 bits per heavy atom. The third kappa shape index (κ3) is 3.78. The SMILES string of the molecule is Cc1cc(C)cc(NC(=O)C(C)N2CCNCC2)c1. The minimum Gasteiger partial charge on any atom is -0.325 e. The molecular weight excluding hydrogens is 238 g/mol. The Labute approximate surface area is 115 Å². The van der Waals surface area contributed by atoms with Crippen LogP contribution in [0, 0.1) is 13.8 Å². The highest BCUT2D eigenvalue weighted by molar-refractivity contribution is 5.94. The average molecular weight is 261 g/mol. The van der Waals surface area contributed by atoms with E-state index in [1.165, 1.54) is 11.1 Å². The Kier molecular flexibility index (Phi) is 4.56. The lowest BCUT2D eigenvalue weighted by molar-refractivity contribution is -0.120. The molecule has 1 aliphatic heterocycles. The summed E-state index contributed by atoms with van der Waals surface area (Å²) in [7, 11) is 0. The largest absolute Gasteiger partial charge is 0.325 e. The quantitative estimate of drug-likeness (QED) is 0.867. The van der Waals surface area contributed by atoms with Gasteiger partial charge >= 0.3 is 0 Å². The van der Waals surface area contributed by atoms with E-state index in [1.807, 2.05) is 32.9 Å². The van der Waals surface area contributed by atoms with E-state index in [1.54, 1.807) is 0 Å². The summed E-state index contributed by atoms with van der Waals surface area (Å²) in [5.41, 5.74) is 3.24. The van der Waals surface area contributed by atoms with E-state index < -0.39 is 0 Å². The normalized spacial score (nSPS) is 18.1. The van der Waals surface area contributed by atoms with Gasteiger partial charge in [0.25, 0.3) is 0 Å². The predicted molar refractivity (Wildman–Crippen MR) is 78.5 cm³/mol. The number of aryl methyl sites for hydroxylation is 2. The lowest BCUT2D eigenvalue weighted by atomic mass is 10.1. The molecule has 1 saturated heterocycles. The van der Waals surface area contributed by atoms with E-state index in [4.69, 9.17) is 0 Å². The Hall–Kier alpha value is -1.39. The monoisotopic (exact) mass is 261 g/mol. The Morgan fingerprint density at radius 3 is 2.37 bits per heavy atom. The fraction of sp³-hybridized carbons (Fsp3) is 0.533. The molecule has 1 amide bonds. The molecule has 2 rings (SSSR count). The first-order valence-corrected chi connectivity index (χ1v) is 6.90. The molecule has 1 heterocycles. The number of rotatable bonds is 3. The van der Waals surface area contributed by atoms with Crippen LogP contribution in [0.25, 0.3) is 0 Å². The fourth-order valence-corrected chi connectivity index (χ4v) is 2.53. The zero-order chi connectivity index (χ0) is 13.8. The Bertz CT molecular complexity index is 432. The van der Waals surface area contributed by atoms with Crippen molar-refractivity contribution in [2.24, 2.45) is 0 Å². The number of hydrogen-bond acceptors (Lipinski definition) is 3. The molecule has 0 saturated carbocycles. The van der Waals surface area contributed by atoms with Crippen molar-refractivity contribution in [2.45, 2.75) is 26.8 Å². The average Bonchev–Trinajstić information content (AvgIpc) is 2.37. The number of anilines is 1. The summed E-state index contributed by atoms with van der Waals surface area (Å²) in [4.78, 5) is 14.5. The molecule has 4 heteroatoms. The molecule has 0 bridgehead atoms. The summed E-state index contributed by atoms with van der Waals surface area (Å²) in [5.74, 6) is 0.0758. The van der Waals surface area contributed by atoms with Crippen LogP contribution in [0.15, 0.2) is 18.2 Å². The smallest absolute Gasteiger partial charge is 0.241 e. The van der Waals surface area contributed by atoms with Gasteiger partial charge in [-0.2, -0.15) is 0 Å². The van der Waals surface area contributed by atoms with Crippen LogP contribution < -0.4 is 10.6 Å². The number of piperazine rings is 1. The van der Waals surface area contributed by atoms with Crippen molar-refractivity contribution >= 4 is 11.6 Å². The maximum absolute atomic E-state index is 12.3. The molecule has 0 aromatic heterocycles. The van der Waals surface area contributed by atoms with Gasteiger partial charge in [-0.1, -0.05) is 6.07 Å². The summed E-state index contributed by atoms with van der Waals surface area (Å²) in [6.07, 6.45) is 0. The van der Waals surface area contributed by atoms with Crippen LogP contribution in [0.2, 0.25) is 0 Å². The number of amides is 1. The number of nitrogens with one attached hydrogen (secondary N) is 2. The van der Waals surface area contributed by atoms with Crippen molar-refractivity contribution in [1.82, 2.24) is 10.2 Å². The zero-order valence-electron chi connectivity index (χ0n) is 12.0. The van der Waals surface area contributed by atoms with E-state index in [2.05, 4.69) is 21.6 Å². The number of nitrogens with zero attached hydrogens (tertiary/aromatic N) is 1. The topological polar surface area (TPSA) is 44.4 Å². The third-order valence-electron chi connectivity index (χ3n) is 3.57. The molecule has 1 aromatic carbocycles. The fourth-order valence-electron chi connectivity index (χ4n) is 2.53. The summed E-state index contributed by atoms with van der Waals surface area (Å²) in [6.45, 7) is 9.85. The highest BCUT2D eigenvalue weighted by Crippen LogP contribution is 2.14. The minimum atomic E-state index is -0.0806. The first kappa shape index (κ1) is 14.0. The van der Waals surface area contributed by atoms with E-state index in [0.717, 1.165) is 31.9 Å². The molecule has 104 valence electrons. The molecule has 1 aliphatic rings. The number of hydrogen-bond donors (Lipinski definition) is 2. The van der Waals surface area contributed by atoms with Crippen LogP contribution in [0.3, 0.4) is 0 Å². The lowest BCUT2D eigenvalue weighted by Crippen LogP contribution is -2.51. The first-order valence-electron chi connectivity index (χ1n) is 6.90. The number of benzene rings is 1. The van der Waals surface area contributed by atoms with Crippen LogP contribution in [0.1, 0.15) is 18.1 Å². The molecule has 1 aromatic rings. The second-order valence-electron chi connectivity index (χ2n) is 5.33. The van der Waals surface area contributed by atoms with Gasteiger partial charge < -0.3 is 10.6 Å². The zero-order valence-corrected chi connectivity index (χ0v) is 12.0. The number of carbonyl (C=O) groups excluding carboxylic acids is 1. The van der Waals surface area contributed by atoms with Crippen LogP contribution in [-0.4, -0.2) is 43.0 Å². The highest BCUT2D eigenvalue weighted by atomic mass is 16.2. The summed E-state index contributed by atoms with van der Waals surface area (Å²) in [5, 5.41) is 6.32. The molecule has 2 N–H and O–H groups in total. The van der Waals surface area contributed by atoms with Crippen LogP contribution in [-0.2, 0) is 4.79 Å². The van der Waals surface area contributed by atoms with Crippen LogP contribution >= 0.6 is 0 Å². The van der Waals surface area contributed by atoms with Crippen molar-refractivity contribution < 1.29 is 4.79 Å². The second-order valence-corrected chi connectivity index (χ2v) is 5.33. The van der Waals surface area contributed by atoms with E-state index in [0.29, 0.717) is 0 Å². The van der Waals surface area contributed by atoms with E-state index in [-0.39, 0.29) is 11.9 Å². The molecule has 1 atom stereocenters. The van der Waals surface area contributed by atoms with Gasteiger partial charge in [-0.25, -0.2) is 0 Å². The third-order valence-corrected chi connectivity index (χ3v) is 3.57. The van der Waals surface area contributed by atoms with Gasteiger partial charge in [0, 0.05) is 31.9 Å². The van der Waals surface area contributed by atoms with Gasteiger partial charge in [0.15, 0.2) is 0 Å². The van der Waals surface area contributed by atoms with Crippen molar-refractivity contribution in [3.63, 3.8) is 0 Å². The maximum atomic E-state index is 12.3. The number of carbonyl (C=O) groups is 1. The summed E-state index contributed by atoms with van der Waals surface area (Å²) in [6, 6.07) is 6.04. The summed E-state index contributed by atoms with van der Waals surface area (Å²) < 4.78 is 0. The molecule has 19 heavy (non-hydrogen) atoms. The standard InChI is InChI=1S/C15H23N3O/c1-11-8-12(2)10-14(9-11)17-15(19)13(3)18-6-4-16-5-7-18/h8-10,13,16H,4-7H2,1-3H3,(H,17,19). The molecule has 1 fully saturated rings. The van der Waals surface area contributed by atoms with Crippen LogP contribution in [0.4, 0.5) is 5.69 Å². The molecule has 0 radical (unpaired) electrons. The maximum Gasteiger partial charge on any atom is 0.241 e. The lowest BCUT2D eigenvalue weighted by Gasteiger charge is -2.31. The molecule has 0 spiro atoms. The minimum absolute atomic E-state index is 0.0758. The van der Waals surface area contributed by atoms with Crippen molar-refractivity contribution in [2.75, 3.05) is 31.5 Å². The Morgan fingerprint density at radius 1 is 1.21 bits per heavy atom. The van der Waals surface area contributed by atoms with Gasteiger partial charge in [0.2, 0.25) is 5.91 Å². The van der Waals surface area contributed by atoms with Crippen molar-refractivity contribution in [1.29, 1.82) is 0 Å². The first-order chi connectivity index (χ1) is 9.06. The van der Waals surface area contributed by atoms with E-state index >= 15 is 0 Å². The van der Waals surface area contributed by atoms with Gasteiger partial charge in [-0.05, 0) is 44.0 Å². The predicted octanol–water partition coefficient (Wildman–Crippen LogP) is 1.54. The molecular formula is C15H23N3O. The van der Waals surface area contributed by atoms with Gasteiger partial charge in [0.05, 0.1) is 6.04 Å². The summed E-state index contributed by atoms with van der Waals surface area (Å²) >= 11 is 0. The van der Waals surface area contributed by atoms with Gasteiger partial charge in [0.1, 0.15) is 0 Å². The van der Waals surface area contributed by atoms with Crippen LogP contribution in [0.5, 0.6) is 0 Å². The molecule has 0 aliphatic carbocycles. The van der Waals surface area contributed by atoms with Crippen molar-refractivity contribution in [3.8, 4) is 0 Å². The molecule has 1 unspecified atom stereocenters. The van der Waals surface area contributed by atoms with E-state index in [9.17, 15) is 4.79 Å². The Balaban J connectivity index is 1.99. The van der Waals surface area contributed by atoms with Crippen molar-refractivity contribution in [3.05, 3.63) is 29.3 Å². The second kappa shape index (κ2) is 6.17. The van der Waals surface area contributed by atoms with Gasteiger partial charge in [-0.15, -0.1) is 0 Å². The molecule has 4 nitrogen and oxygen atoms in total. The highest BCUT2D eigenvalue weighted by Gasteiger charge is 2.22. The van der Waals surface area contributed by atoms with Gasteiger partial charge in [-0.3, -0.25) is 9.69 Å².